The predicted molar refractivity (Wildman–Crippen MR) is 55.0 cm³/mol. The van der Waals surface area contributed by atoms with Crippen LogP contribution in [0, 0.1) is 5.41 Å². The molecule has 80 valence electrons. The van der Waals surface area contributed by atoms with Gasteiger partial charge >= 0.3 is 0 Å². The van der Waals surface area contributed by atoms with Gasteiger partial charge in [0.15, 0.2) is 0 Å². The van der Waals surface area contributed by atoms with Crippen LogP contribution in [0.25, 0.3) is 0 Å². The molecule has 0 fully saturated rings. The second kappa shape index (κ2) is 8.67. The lowest BCUT2D eigenvalue weighted by Gasteiger charge is -2.23. The van der Waals surface area contributed by atoms with Crippen molar-refractivity contribution < 1.29 is 25.5 Å². The van der Waals surface area contributed by atoms with Crippen LogP contribution in [0.4, 0.5) is 0 Å². The summed E-state index contributed by atoms with van der Waals surface area (Å²) >= 11 is 7.21. The molecule has 13 heavy (non-hydrogen) atoms. The van der Waals surface area contributed by atoms with E-state index in [2.05, 4.69) is 24.8 Å². The van der Waals surface area contributed by atoms with Crippen LogP contribution in [0.2, 0.25) is 0 Å². The van der Waals surface area contributed by atoms with Gasteiger partial charge in [-0.25, -0.2) is 0 Å². The zero-order valence-corrected chi connectivity index (χ0v) is 8.63. The van der Waals surface area contributed by atoms with E-state index in [1.165, 1.54) is 0 Å². The van der Waals surface area contributed by atoms with Gasteiger partial charge in [0.05, 0.1) is 31.8 Å². The van der Waals surface area contributed by atoms with Crippen molar-refractivity contribution in [2.75, 3.05) is 26.4 Å². The quantitative estimate of drug-likeness (QED) is 0.265. The summed E-state index contributed by atoms with van der Waals surface area (Å²) in [6.45, 7) is -1.62. The van der Waals surface area contributed by atoms with Crippen LogP contribution >= 0.6 is 24.8 Å². The fourth-order valence-corrected chi connectivity index (χ4v) is 0.300. The first-order chi connectivity index (χ1) is 5.97. The molecular formula is C6H14O5S2. The summed E-state index contributed by atoms with van der Waals surface area (Å²) in [6, 6.07) is 0. The van der Waals surface area contributed by atoms with E-state index in [1.807, 2.05) is 0 Å². The van der Waals surface area contributed by atoms with E-state index in [0.717, 1.165) is 0 Å². The Hall–Kier alpha value is 0.0800. The molecule has 0 amide bonds. The van der Waals surface area contributed by atoms with Crippen molar-refractivity contribution in [1.82, 2.24) is 0 Å². The van der Waals surface area contributed by atoms with Gasteiger partial charge in [0.2, 0.25) is 4.38 Å². The van der Waals surface area contributed by atoms with Gasteiger partial charge in [-0.15, -0.1) is 0 Å². The van der Waals surface area contributed by atoms with Crippen molar-refractivity contribution >= 4 is 29.2 Å². The molecule has 0 atom stereocenters. The summed E-state index contributed by atoms with van der Waals surface area (Å²) < 4.78 is -0.306. The third-order valence-corrected chi connectivity index (χ3v) is 1.34. The first-order valence-electron chi connectivity index (χ1n) is 3.33. The fourth-order valence-electron chi connectivity index (χ4n) is 0.300. The Kier molecular flexibility index (Phi) is 10.4. The van der Waals surface area contributed by atoms with Crippen LogP contribution in [0.15, 0.2) is 0 Å². The molecule has 0 heterocycles. The Labute approximate surface area is 87.1 Å². The molecule has 0 aromatic heterocycles. The van der Waals surface area contributed by atoms with Gasteiger partial charge < -0.3 is 25.5 Å². The molecule has 0 aromatic rings. The second-order valence-electron chi connectivity index (χ2n) is 2.42. The van der Waals surface area contributed by atoms with Gasteiger partial charge in [0.1, 0.15) is 0 Å². The summed E-state index contributed by atoms with van der Waals surface area (Å²) in [5, 5.41) is 41.6. The third-order valence-electron chi connectivity index (χ3n) is 1.34. The predicted octanol–water partition coefficient (Wildman–Crippen LogP) is -1.30. The standard InChI is InChI=1S/C5H12O4.CH2OS2/c6-1-5(2-7,3-8)4-9;2-1(3)4/h6-9H,1-4H2;(H2,2,3,4). The Balaban J connectivity index is 0. The van der Waals surface area contributed by atoms with Gasteiger partial charge in [-0.1, -0.05) is 12.6 Å². The highest BCUT2D eigenvalue weighted by Gasteiger charge is 2.26. The van der Waals surface area contributed by atoms with Gasteiger partial charge in [-0.05, 0) is 12.2 Å². The molecule has 0 aliphatic rings. The lowest BCUT2D eigenvalue weighted by Crippen LogP contribution is -2.37. The van der Waals surface area contributed by atoms with Crippen LogP contribution in [0.5, 0.6) is 0 Å². The lowest BCUT2D eigenvalue weighted by atomic mass is 9.93. The molecule has 0 bridgehead atoms. The van der Waals surface area contributed by atoms with Crippen LogP contribution in [0.1, 0.15) is 0 Å². The Morgan fingerprint density at radius 1 is 1.00 bits per heavy atom. The van der Waals surface area contributed by atoms with E-state index in [-0.39, 0.29) is 4.38 Å². The monoisotopic (exact) mass is 230 g/mol. The summed E-state index contributed by atoms with van der Waals surface area (Å²) in [5.41, 5.74) is -1.11. The Morgan fingerprint density at radius 3 is 1.15 bits per heavy atom. The Bertz CT molecular complexity index is 115. The van der Waals surface area contributed by atoms with E-state index in [9.17, 15) is 0 Å². The topological polar surface area (TPSA) is 101 Å². The Morgan fingerprint density at radius 2 is 1.15 bits per heavy atom. The smallest absolute Gasteiger partial charge is 0.214 e. The highest BCUT2D eigenvalue weighted by Crippen LogP contribution is 2.11. The lowest BCUT2D eigenvalue weighted by molar-refractivity contribution is -0.0328. The minimum Gasteiger partial charge on any atom is -0.494 e. The highest BCUT2D eigenvalue weighted by atomic mass is 32.1. The first kappa shape index (κ1) is 15.5. The van der Waals surface area contributed by atoms with Gasteiger partial charge in [-0.3, -0.25) is 0 Å². The van der Waals surface area contributed by atoms with Crippen LogP contribution in [-0.4, -0.2) is 56.3 Å². The van der Waals surface area contributed by atoms with Crippen LogP contribution < -0.4 is 0 Å². The minimum absolute atomic E-state index is 0.306. The zero-order chi connectivity index (χ0) is 10.9. The maximum atomic E-state index is 8.50. The van der Waals surface area contributed by atoms with E-state index >= 15 is 0 Å². The summed E-state index contributed by atoms with van der Waals surface area (Å²) in [7, 11) is 0. The molecule has 0 unspecified atom stereocenters. The molecule has 0 saturated carbocycles. The average molecular weight is 230 g/mol. The van der Waals surface area contributed by atoms with Crippen molar-refractivity contribution in [3.05, 3.63) is 0 Å². The van der Waals surface area contributed by atoms with E-state index in [0.29, 0.717) is 0 Å². The van der Waals surface area contributed by atoms with Crippen molar-refractivity contribution in [3.8, 4) is 0 Å². The van der Waals surface area contributed by atoms with E-state index < -0.39 is 31.8 Å². The maximum absolute atomic E-state index is 8.50. The van der Waals surface area contributed by atoms with Crippen molar-refractivity contribution in [2.24, 2.45) is 5.41 Å². The van der Waals surface area contributed by atoms with Crippen LogP contribution in [-0.2, 0) is 0 Å². The number of aliphatic hydroxyl groups is 5. The van der Waals surface area contributed by atoms with Gasteiger partial charge in [0.25, 0.3) is 0 Å². The number of thiol groups is 1. The van der Waals surface area contributed by atoms with E-state index in [1.54, 1.807) is 0 Å². The van der Waals surface area contributed by atoms with Crippen molar-refractivity contribution in [1.29, 1.82) is 0 Å². The zero-order valence-electron chi connectivity index (χ0n) is 6.92. The van der Waals surface area contributed by atoms with E-state index in [4.69, 9.17) is 25.5 Å². The second-order valence-corrected chi connectivity index (χ2v) is 3.53. The molecule has 0 aromatic carbocycles. The minimum atomic E-state index is -1.11. The molecule has 0 rings (SSSR count). The summed E-state index contributed by atoms with van der Waals surface area (Å²) in [5.74, 6) is 0. The number of rotatable bonds is 4. The average Bonchev–Trinajstić information content (AvgIpc) is 2.09. The molecule has 0 aliphatic carbocycles. The number of hydrogen-bond acceptors (Lipinski definition) is 5. The summed E-state index contributed by atoms with van der Waals surface area (Å²) in [6.07, 6.45) is 0. The number of aliphatic hydroxyl groups excluding tert-OH is 5. The third kappa shape index (κ3) is 8.41. The number of hydrogen-bond donors (Lipinski definition) is 6. The molecule has 0 aliphatic heterocycles. The highest BCUT2D eigenvalue weighted by molar-refractivity contribution is 8.10. The molecule has 0 saturated heterocycles. The fraction of sp³-hybridized carbons (Fsp3) is 0.833. The first-order valence-corrected chi connectivity index (χ1v) is 4.19. The molecule has 0 spiro atoms. The van der Waals surface area contributed by atoms with Gasteiger partial charge in [-0.2, -0.15) is 0 Å². The molecule has 0 radical (unpaired) electrons. The molecule has 7 heteroatoms. The van der Waals surface area contributed by atoms with Crippen LogP contribution in [0.3, 0.4) is 0 Å². The SMILES string of the molecule is OC(=S)S.OCC(CO)(CO)CO. The maximum Gasteiger partial charge on any atom is 0.214 e. The van der Waals surface area contributed by atoms with Crippen molar-refractivity contribution in [2.45, 2.75) is 0 Å². The normalized spacial score (nSPS) is 10.2. The molecular weight excluding hydrogens is 216 g/mol. The molecule has 5 nitrogen and oxygen atoms in total. The largest absolute Gasteiger partial charge is 0.494 e. The van der Waals surface area contributed by atoms with Gasteiger partial charge in [0, 0.05) is 0 Å². The van der Waals surface area contributed by atoms with Crippen molar-refractivity contribution in [3.63, 3.8) is 0 Å². The number of thiocarbonyl (C=S) groups is 1. The molecule has 5 N–H and O–H groups in total. The summed E-state index contributed by atoms with van der Waals surface area (Å²) in [4.78, 5) is 0.